The molecule has 0 N–H and O–H groups in total. The number of benzene rings is 1. The van der Waals surface area contributed by atoms with Crippen LogP contribution in [0.4, 0.5) is 0 Å². The molecule has 0 spiro atoms. The molecular weight excluding hydrogens is 432 g/mol. The van der Waals surface area contributed by atoms with E-state index in [9.17, 15) is 9.59 Å². The predicted molar refractivity (Wildman–Crippen MR) is 126 cm³/mol. The van der Waals surface area contributed by atoms with E-state index in [2.05, 4.69) is 25.3 Å². The second-order valence-corrected chi connectivity index (χ2v) is 9.50. The van der Waals surface area contributed by atoms with Crippen LogP contribution >= 0.6 is 22.9 Å². The lowest BCUT2D eigenvalue weighted by Crippen LogP contribution is -2.48. The minimum atomic E-state index is -0.166. The average Bonchev–Trinajstić information content (AvgIpc) is 3.26. The van der Waals surface area contributed by atoms with Gasteiger partial charge in [-0.1, -0.05) is 38.8 Å². The fourth-order valence-electron chi connectivity index (χ4n) is 3.82. The normalized spacial score (nSPS) is 16.5. The molecule has 2 atom stereocenters. The second kappa shape index (κ2) is 11.0. The Bertz CT molecular complexity index is 883. The molecule has 3 rings (SSSR count). The van der Waals surface area contributed by atoms with Gasteiger partial charge in [0, 0.05) is 29.4 Å². The van der Waals surface area contributed by atoms with Gasteiger partial charge in [-0.2, -0.15) is 0 Å². The van der Waals surface area contributed by atoms with E-state index >= 15 is 0 Å². The highest BCUT2D eigenvalue weighted by molar-refractivity contribution is 7.10. The number of rotatable bonds is 9. The molecule has 2 heterocycles. The molecule has 1 aliphatic heterocycles. The third-order valence-electron chi connectivity index (χ3n) is 5.85. The Morgan fingerprint density at radius 1 is 1.26 bits per heavy atom. The lowest BCUT2D eigenvalue weighted by atomic mass is 10.00. The summed E-state index contributed by atoms with van der Waals surface area (Å²) in [6.45, 7) is 7.79. The molecule has 1 aliphatic rings. The lowest BCUT2D eigenvalue weighted by molar-refractivity contribution is -0.143. The number of hydrogen-bond donors (Lipinski definition) is 0. The van der Waals surface area contributed by atoms with Crippen molar-refractivity contribution < 1.29 is 14.3 Å². The Kier molecular flexibility index (Phi) is 8.38. The van der Waals surface area contributed by atoms with Crippen LogP contribution in [0.25, 0.3) is 0 Å². The first-order chi connectivity index (χ1) is 14.9. The molecule has 168 valence electrons. The zero-order valence-corrected chi connectivity index (χ0v) is 20.0. The average molecular weight is 463 g/mol. The summed E-state index contributed by atoms with van der Waals surface area (Å²) < 4.78 is 6.03. The number of thiophene rings is 1. The van der Waals surface area contributed by atoms with Crippen LogP contribution in [0.2, 0.25) is 5.02 Å². The van der Waals surface area contributed by atoms with Crippen LogP contribution in [0.15, 0.2) is 35.7 Å². The number of halogens is 1. The molecule has 0 saturated carbocycles. The molecule has 0 saturated heterocycles. The second-order valence-electron chi connectivity index (χ2n) is 8.06. The maximum atomic E-state index is 13.4. The van der Waals surface area contributed by atoms with Crippen molar-refractivity contribution in [2.24, 2.45) is 5.92 Å². The van der Waals surface area contributed by atoms with E-state index in [1.165, 1.54) is 4.88 Å². The molecular formula is C24H31ClN2O3S. The van der Waals surface area contributed by atoms with E-state index in [4.69, 9.17) is 16.3 Å². The maximum Gasteiger partial charge on any atom is 0.242 e. The fourth-order valence-corrected chi connectivity index (χ4v) is 4.87. The Morgan fingerprint density at radius 3 is 2.68 bits per heavy atom. The quantitative estimate of drug-likeness (QED) is 0.515. The molecule has 0 bridgehead atoms. The molecule has 1 aromatic carbocycles. The number of hydrogen-bond acceptors (Lipinski definition) is 4. The molecule has 0 fully saturated rings. The summed E-state index contributed by atoms with van der Waals surface area (Å²) in [4.78, 5) is 30.7. The van der Waals surface area contributed by atoms with Gasteiger partial charge in [0.15, 0.2) is 0 Å². The predicted octanol–water partition coefficient (Wildman–Crippen LogP) is 5.19. The van der Waals surface area contributed by atoms with Gasteiger partial charge in [0.1, 0.15) is 12.4 Å². The van der Waals surface area contributed by atoms with Crippen molar-refractivity contribution in [3.05, 3.63) is 51.2 Å². The smallest absolute Gasteiger partial charge is 0.242 e. The highest BCUT2D eigenvalue weighted by atomic mass is 35.5. The van der Waals surface area contributed by atoms with Crippen LogP contribution in [0.1, 0.15) is 50.1 Å². The van der Waals surface area contributed by atoms with Gasteiger partial charge >= 0.3 is 0 Å². The van der Waals surface area contributed by atoms with Gasteiger partial charge in [-0.3, -0.25) is 9.59 Å². The van der Waals surface area contributed by atoms with Gasteiger partial charge in [-0.25, -0.2) is 0 Å². The maximum absolute atomic E-state index is 13.4. The standard InChI is InChI=1S/C24H31ClN2O3S/c1-4-17(3)14-26(23(28)5-2)15-24(29)27-12-10-22-20(11-13-31-22)21(27)16-30-19-8-6-18(25)7-9-19/h6-9,11,13,17,21H,4-5,10,12,14-16H2,1-3H3/t17-,21-/m0/s1. The van der Waals surface area contributed by atoms with Gasteiger partial charge < -0.3 is 14.5 Å². The van der Waals surface area contributed by atoms with Crippen molar-refractivity contribution in [3.8, 4) is 5.75 Å². The summed E-state index contributed by atoms with van der Waals surface area (Å²) >= 11 is 7.70. The SMILES string of the molecule is CCC(=O)N(CC(=O)N1CCc2sccc2[C@@H]1COc1ccc(Cl)cc1)C[C@@H](C)CC. The first-order valence-corrected chi connectivity index (χ1v) is 12.2. The molecule has 2 aromatic rings. The van der Waals surface area contributed by atoms with Crippen molar-refractivity contribution in [2.75, 3.05) is 26.2 Å². The molecule has 5 nitrogen and oxygen atoms in total. The first kappa shape index (κ1) is 23.6. The molecule has 0 radical (unpaired) electrons. The minimum absolute atomic E-state index is 0.0216. The molecule has 7 heteroatoms. The highest BCUT2D eigenvalue weighted by Gasteiger charge is 2.33. The fraction of sp³-hybridized carbons (Fsp3) is 0.500. The van der Waals surface area contributed by atoms with Crippen LogP contribution in [0.5, 0.6) is 5.75 Å². The van der Waals surface area contributed by atoms with Crippen molar-refractivity contribution in [3.63, 3.8) is 0 Å². The number of fused-ring (bicyclic) bond motifs is 1. The van der Waals surface area contributed by atoms with Gasteiger partial charge in [-0.15, -0.1) is 11.3 Å². The van der Waals surface area contributed by atoms with Crippen LogP contribution < -0.4 is 4.74 Å². The summed E-state index contributed by atoms with van der Waals surface area (Å²) in [5.74, 6) is 1.08. The lowest BCUT2D eigenvalue weighted by Gasteiger charge is -2.37. The summed E-state index contributed by atoms with van der Waals surface area (Å²) in [6, 6.07) is 9.17. The van der Waals surface area contributed by atoms with Crippen molar-refractivity contribution in [1.29, 1.82) is 0 Å². The van der Waals surface area contributed by atoms with E-state index in [0.29, 0.717) is 37.1 Å². The number of nitrogens with zero attached hydrogens (tertiary/aromatic N) is 2. The molecule has 0 aliphatic carbocycles. The Hall–Kier alpha value is -2.05. The highest BCUT2D eigenvalue weighted by Crippen LogP contribution is 2.34. The summed E-state index contributed by atoms with van der Waals surface area (Å²) in [6.07, 6.45) is 2.21. The number of ether oxygens (including phenoxy) is 1. The number of carbonyl (C=O) groups is 2. The van der Waals surface area contributed by atoms with Gasteiger partial charge in [0.2, 0.25) is 11.8 Å². The monoisotopic (exact) mass is 462 g/mol. The van der Waals surface area contributed by atoms with Crippen molar-refractivity contribution in [1.82, 2.24) is 9.80 Å². The van der Waals surface area contributed by atoms with Crippen molar-refractivity contribution >= 4 is 34.8 Å². The Morgan fingerprint density at radius 2 is 2.00 bits per heavy atom. The van der Waals surface area contributed by atoms with E-state index in [1.807, 2.05) is 24.0 Å². The molecule has 2 amide bonds. The Labute approximate surface area is 193 Å². The third kappa shape index (κ3) is 6.01. The van der Waals surface area contributed by atoms with Gasteiger partial charge in [-0.05, 0) is 53.6 Å². The Balaban J connectivity index is 1.75. The number of amides is 2. The van der Waals surface area contributed by atoms with Crippen molar-refractivity contribution in [2.45, 2.75) is 46.1 Å². The summed E-state index contributed by atoms with van der Waals surface area (Å²) in [7, 11) is 0. The summed E-state index contributed by atoms with van der Waals surface area (Å²) in [5, 5.41) is 2.73. The zero-order chi connectivity index (χ0) is 22.4. The molecule has 31 heavy (non-hydrogen) atoms. The number of carbonyl (C=O) groups excluding carboxylic acids is 2. The van der Waals surface area contributed by atoms with Crippen LogP contribution in [0.3, 0.4) is 0 Å². The van der Waals surface area contributed by atoms with E-state index in [-0.39, 0.29) is 24.4 Å². The first-order valence-electron chi connectivity index (χ1n) is 10.9. The van der Waals surface area contributed by atoms with Crippen LogP contribution in [-0.2, 0) is 16.0 Å². The molecule has 1 aromatic heterocycles. The van der Waals surface area contributed by atoms with E-state index < -0.39 is 0 Å². The van der Waals surface area contributed by atoms with Gasteiger partial charge in [0.05, 0.1) is 12.6 Å². The summed E-state index contributed by atoms with van der Waals surface area (Å²) in [5.41, 5.74) is 1.15. The minimum Gasteiger partial charge on any atom is -0.491 e. The van der Waals surface area contributed by atoms with Gasteiger partial charge in [0.25, 0.3) is 0 Å². The largest absolute Gasteiger partial charge is 0.491 e. The zero-order valence-electron chi connectivity index (χ0n) is 18.5. The molecule has 0 unspecified atom stereocenters. The van der Waals surface area contributed by atoms with Crippen LogP contribution in [0, 0.1) is 5.92 Å². The van der Waals surface area contributed by atoms with E-state index in [0.717, 1.165) is 24.2 Å². The van der Waals surface area contributed by atoms with E-state index in [1.54, 1.807) is 28.4 Å². The third-order valence-corrected chi connectivity index (χ3v) is 7.10. The topological polar surface area (TPSA) is 49.9 Å². The van der Waals surface area contributed by atoms with Crippen LogP contribution in [-0.4, -0.2) is 47.9 Å².